The van der Waals surface area contributed by atoms with Gasteiger partial charge in [-0.1, -0.05) is 19.3 Å². The van der Waals surface area contributed by atoms with Crippen molar-refractivity contribution in [1.29, 1.82) is 0 Å². The van der Waals surface area contributed by atoms with E-state index in [4.69, 9.17) is 10.2 Å². The van der Waals surface area contributed by atoms with Crippen molar-refractivity contribution in [3.05, 3.63) is 0 Å². The van der Waals surface area contributed by atoms with Crippen LogP contribution in [-0.2, 0) is 9.59 Å². The molecule has 0 aromatic carbocycles. The van der Waals surface area contributed by atoms with Gasteiger partial charge >= 0.3 is 18.0 Å². The molecule has 2 amide bonds. The Morgan fingerprint density at radius 3 is 2.38 bits per heavy atom. The van der Waals surface area contributed by atoms with Crippen LogP contribution in [-0.4, -0.2) is 52.2 Å². The molecule has 2 unspecified atom stereocenters. The van der Waals surface area contributed by atoms with E-state index in [1.807, 2.05) is 0 Å². The minimum atomic E-state index is -1.38. The largest absolute Gasteiger partial charge is 0.481 e. The number of urea groups is 1. The fourth-order valence-electron chi connectivity index (χ4n) is 3.40. The summed E-state index contributed by atoms with van der Waals surface area (Å²) in [5.41, 5.74) is 0. The van der Waals surface area contributed by atoms with Crippen LogP contribution >= 0.6 is 0 Å². The summed E-state index contributed by atoms with van der Waals surface area (Å²) in [5.74, 6) is -1.38. The number of hydrogen-bond acceptors (Lipinski definition) is 3. The quantitative estimate of drug-likeness (QED) is 0.721. The Morgan fingerprint density at radius 2 is 1.76 bits per heavy atom. The van der Waals surface area contributed by atoms with Gasteiger partial charge in [0, 0.05) is 13.1 Å². The lowest BCUT2D eigenvalue weighted by molar-refractivity contribution is -0.145. The van der Waals surface area contributed by atoms with E-state index < -0.39 is 30.4 Å². The fraction of sp³-hybridized carbons (Fsp3) is 0.786. The highest BCUT2D eigenvalue weighted by Gasteiger charge is 2.34. The van der Waals surface area contributed by atoms with Crippen molar-refractivity contribution in [1.82, 2.24) is 10.2 Å². The molecule has 0 aromatic heterocycles. The second-order valence-electron chi connectivity index (χ2n) is 5.98. The Bertz CT molecular complexity index is 426. The van der Waals surface area contributed by atoms with Crippen LogP contribution in [0.4, 0.5) is 4.79 Å². The lowest BCUT2D eigenvalue weighted by atomic mass is 9.75. The topological polar surface area (TPSA) is 107 Å². The third-order valence-corrected chi connectivity index (χ3v) is 4.55. The van der Waals surface area contributed by atoms with Crippen molar-refractivity contribution in [2.45, 2.75) is 44.6 Å². The zero-order valence-electron chi connectivity index (χ0n) is 12.0. The maximum Gasteiger partial charge on any atom is 0.326 e. The molecule has 3 N–H and O–H groups in total. The second-order valence-corrected chi connectivity index (χ2v) is 5.98. The third kappa shape index (κ3) is 4.09. The van der Waals surface area contributed by atoms with Crippen LogP contribution in [0.25, 0.3) is 0 Å². The summed E-state index contributed by atoms with van der Waals surface area (Å²) >= 11 is 0. The Morgan fingerprint density at radius 1 is 1.10 bits per heavy atom. The molecule has 7 nitrogen and oxygen atoms in total. The average Bonchev–Trinajstić information content (AvgIpc) is 2.45. The zero-order valence-corrected chi connectivity index (χ0v) is 12.0. The van der Waals surface area contributed by atoms with E-state index in [0.717, 1.165) is 12.8 Å². The van der Waals surface area contributed by atoms with Gasteiger partial charge in [0.1, 0.15) is 6.04 Å². The maximum absolute atomic E-state index is 12.1. The first kappa shape index (κ1) is 15.6. The molecule has 2 fully saturated rings. The van der Waals surface area contributed by atoms with E-state index in [9.17, 15) is 14.4 Å². The zero-order chi connectivity index (χ0) is 15.4. The minimum Gasteiger partial charge on any atom is -0.481 e. The van der Waals surface area contributed by atoms with Crippen LogP contribution in [0.3, 0.4) is 0 Å². The van der Waals surface area contributed by atoms with Crippen molar-refractivity contribution in [3.8, 4) is 0 Å². The molecule has 118 valence electrons. The van der Waals surface area contributed by atoms with Gasteiger partial charge in [0.15, 0.2) is 0 Å². The SMILES string of the molecule is O=C(O)C[C@@H](NC(=O)N1CCC2CCCCC2C1)C(=O)O. The monoisotopic (exact) mass is 298 g/mol. The van der Waals surface area contributed by atoms with E-state index in [1.54, 1.807) is 4.90 Å². The number of piperidine rings is 1. The van der Waals surface area contributed by atoms with Crippen molar-refractivity contribution in [3.63, 3.8) is 0 Å². The standard InChI is InChI=1S/C14H22N2O5/c17-12(18)7-11(13(19)20)15-14(21)16-6-5-9-3-1-2-4-10(9)8-16/h9-11H,1-8H2,(H,15,21)(H,17,18)(H,19,20)/t9?,10?,11-/m1/s1. The van der Waals surface area contributed by atoms with E-state index >= 15 is 0 Å². The predicted octanol–water partition coefficient (Wildman–Crippen LogP) is 1.14. The summed E-state index contributed by atoms with van der Waals surface area (Å²) in [6.45, 7) is 1.27. The van der Waals surface area contributed by atoms with Crippen LogP contribution in [0, 0.1) is 11.8 Å². The molecule has 0 radical (unpaired) electrons. The summed E-state index contributed by atoms with van der Waals surface area (Å²) in [6, 6.07) is -1.84. The van der Waals surface area contributed by atoms with Gasteiger partial charge in [-0.3, -0.25) is 4.79 Å². The Balaban J connectivity index is 1.90. The number of rotatable bonds is 4. The summed E-state index contributed by atoms with van der Waals surface area (Å²) in [7, 11) is 0. The summed E-state index contributed by atoms with van der Waals surface area (Å²) in [6.07, 6.45) is 5.12. The molecular weight excluding hydrogens is 276 g/mol. The summed E-state index contributed by atoms with van der Waals surface area (Å²) in [4.78, 5) is 35.4. The second kappa shape index (κ2) is 6.78. The van der Waals surface area contributed by atoms with Crippen molar-refractivity contribution >= 4 is 18.0 Å². The number of carbonyl (C=O) groups excluding carboxylic acids is 1. The minimum absolute atomic E-state index is 0.465. The highest BCUT2D eigenvalue weighted by atomic mass is 16.4. The van der Waals surface area contributed by atoms with Gasteiger partial charge in [-0.15, -0.1) is 0 Å². The van der Waals surface area contributed by atoms with Gasteiger partial charge in [-0.05, 0) is 24.7 Å². The molecule has 2 rings (SSSR count). The number of likely N-dealkylation sites (tertiary alicyclic amines) is 1. The number of carbonyl (C=O) groups is 3. The Kier molecular flexibility index (Phi) is 5.03. The number of carboxylic acid groups (broad SMARTS) is 2. The van der Waals surface area contributed by atoms with Crippen LogP contribution < -0.4 is 5.32 Å². The van der Waals surface area contributed by atoms with Crippen LogP contribution in [0.2, 0.25) is 0 Å². The molecular formula is C14H22N2O5. The molecule has 1 saturated carbocycles. The van der Waals surface area contributed by atoms with Crippen molar-refractivity contribution in [2.24, 2.45) is 11.8 Å². The molecule has 1 aliphatic carbocycles. The Hall–Kier alpha value is -1.79. The lowest BCUT2D eigenvalue weighted by Gasteiger charge is -2.41. The fourth-order valence-corrected chi connectivity index (χ4v) is 3.40. The molecule has 1 heterocycles. The Labute approximate surface area is 123 Å². The van der Waals surface area contributed by atoms with Gasteiger partial charge in [-0.2, -0.15) is 0 Å². The van der Waals surface area contributed by atoms with Gasteiger partial charge in [0.2, 0.25) is 0 Å². The number of amides is 2. The van der Waals surface area contributed by atoms with E-state index in [2.05, 4.69) is 5.32 Å². The van der Waals surface area contributed by atoms with E-state index in [0.29, 0.717) is 24.9 Å². The van der Waals surface area contributed by atoms with Gasteiger partial charge in [-0.25, -0.2) is 9.59 Å². The van der Waals surface area contributed by atoms with E-state index in [-0.39, 0.29) is 0 Å². The third-order valence-electron chi connectivity index (χ3n) is 4.55. The predicted molar refractivity (Wildman–Crippen MR) is 73.8 cm³/mol. The van der Waals surface area contributed by atoms with Gasteiger partial charge in [0.05, 0.1) is 6.42 Å². The number of nitrogens with one attached hydrogen (secondary N) is 1. The summed E-state index contributed by atoms with van der Waals surface area (Å²) < 4.78 is 0. The molecule has 0 aromatic rings. The van der Waals surface area contributed by atoms with Crippen LogP contribution in [0.1, 0.15) is 38.5 Å². The van der Waals surface area contributed by atoms with Crippen molar-refractivity contribution < 1.29 is 24.6 Å². The molecule has 1 saturated heterocycles. The molecule has 0 spiro atoms. The number of hydrogen-bond donors (Lipinski definition) is 3. The van der Waals surface area contributed by atoms with Crippen molar-refractivity contribution in [2.75, 3.05) is 13.1 Å². The number of carboxylic acids is 2. The summed E-state index contributed by atoms with van der Waals surface area (Å²) in [5, 5.41) is 20.0. The highest BCUT2D eigenvalue weighted by molar-refractivity contribution is 5.86. The number of aliphatic carboxylic acids is 2. The molecule has 7 heteroatoms. The number of nitrogens with zero attached hydrogens (tertiary/aromatic N) is 1. The first-order valence-electron chi connectivity index (χ1n) is 7.47. The normalized spacial score (nSPS) is 26.6. The van der Waals surface area contributed by atoms with Gasteiger partial charge in [0.25, 0.3) is 0 Å². The van der Waals surface area contributed by atoms with Gasteiger partial charge < -0.3 is 20.4 Å². The molecule has 0 bridgehead atoms. The first-order valence-corrected chi connectivity index (χ1v) is 7.47. The smallest absolute Gasteiger partial charge is 0.326 e. The van der Waals surface area contributed by atoms with Crippen LogP contribution in [0.15, 0.2) is 0 Å². The molecule has 3 atom stereocenters. The van der Waals surface area contributed by atoms with Crippen LogP contribution in [0.5, 0.6) is 0 Å². The average molecular weight is 298 g/mol. The first-order chi connectivity index (χ1) is 9.97. The van der Waals surface area contributed by atoms with E-state index in [1.165, 1.54) is 19.3 Å². The molecule has 2 aliphatic rings. The molecule has 1 aliphatic heterocycles. The molecule has 21 heavy (non-hydrogen) atoms. The maximum atomic E-state index is 12.1. The number of fused-ring (bicyclic) bond motifs is 1. The lowest BCUT2D eigenvalue weighted by Crippen LogP contribution is -2.53. The highest BCUT2D eigenvalue weighted by Crippen LogP contribution is 2.35.